The molecule has 0 spiro atoms. The molecule has 0 aliphatic carbocycles. The van der Waals surface area contributed by atoms with Crippen molar-refractivity contribution in [1.82, 2.24) is 4.90 Å². The first-order valence-electron chi connectivity index (χ1n) is 7.42. The normalized spacial score (nSPS) is 26.1. The molecule has 1 aliphatic rings. The fourth-order valence-corrected chi connectivity index (χ4v) is 2.59. The molecule has 1 rings (SSSR count). The number of amides is 1. The van der Waals surface area contributed by atoms with Crippen LogP contribution in [0.2, 0.25) is 0 Å². The summed E-state index contributed by atoms with van der Waals surface area (Å²) in [6, 6.07) is 0.274. The van der Waals surface area contributed by atoms with Gasteiger partial charge >= 0.3 is 6.09 Å². The molecule has 2 N–H and O–H groups in total. The highest BCUT2D eigenvalue weighted by molar-refractivity contribution is 5.68. The van der Waals surface area contributed by atoms with Crippen molar-refractivity contribution in [2.45, 2.75) is 65.5 Å². The Morgan fingerprint density at radius 1 is 1.47 bits per heavy atom. The van der Waals surface area contributed by atoms with Gasteiger partial charge in [0, 0.05) is 19.1 Å². The summed E-state index contributed by atoms with van der Waals surface area (Å²) in [7, 11) is 0. The second kappa shape index (κ2) is 6.60. The largest absolute Gasteiger partial charge is 0.444 e. The van der Waals surface area contributed by atoms with Gasteiger partial charge in [0.15, 0.2) is 0 Å². The molecule has 1 heterocycles. The molecular weight excluding hydrogens is 240 g/mol. The van der Waals surface area contributed by atoms with Gasteiger partial charge in [-0.3, -0.25) is 0 Å². The molecule has 112 valence electrons. The van der Waals surface area contributed by atoms with E-state index in [1.165, 1.54) is 6.42 Å². The van der Waals surface area contributed by atoms with Crippen molar-refractivity contribution in [2.75, 3.05) is 13.1 Å². The average molecular weight is 270 g/mol. The van der Waals surface area contributed by atoms with Crippen LogP contribution in [0.5, 0.6) is 0 Å². The molecule has 0 bridgehead atoms. The van der Waals surface area contributed by atoms with Gasteiger partial charge in [0.25, 0.3) is 0 Å². The van der Waals surface area contributed by atoms with Crippen LogP contribution in [-0.4, -0.2) is 35.7 Å². The molecule has 0 aromatic carbocycles. The Bertz CT molecular complexity index is 297. The number of ether oxygens (including phenoxy) is 1. The quantitative estimate of drug-likeness (QED) is 0.857. The van der Waals surface area contributed by atoms with Crippen LogP contribution in [0.15, 0.2) is 0 Å². The molecule has 19 heavy (non-hydrogen) atoms. The van der Waals surface area contributed by atoms with Crippen molar-refractivity contribution in [2.24, 2.45) is 17.6 Å². The summed E-state index contributed by atoms with van der Waals surface area (Å²) in [4.78, 5) is 13.9. The van der Waals surface area contributed by atoms with Gasteiger partial charge in [0.05, 0.1) is 0 Å². The maximum atomic E-state index is 12.0. The van der Waals surface area contributed by atoms with Gasteiger partial charge < -0.3 is 15.4 Å². The van der Waals surface area contributed by atoms with Gasteiger partial charge in [-0.15, -0.1) is 0 Å². The van der Waals surface area contributed by atoms with Crippen LogP contribution < -0.4 is 5.73 Å². The number of hydrogen-bond acceptors (Lipinski definition) is 3. The third-order valence-electron chi connectivity index (χ3n) is 3.73. The number of carbonyl (C=O) groups excluding carboxylic acids is 1. The maximum Gasteiger partial charge on any atom is 0.410 e. The molecule has 0 saturated carbocycles. The van der Waals surface area contributed by atoms with Crippen molar-refractivity contribution >= 4 is 6.09 Å². The summed E-state index contributed by atoms with van der Waals surface area (Å²) in [6.07, 6.45) is 3.13. The number of likely N-dealkylation sites (tertiary alicyclic amines) is 1. The Hall–Kier alpha value is -0.770. The van der Waals surface area contributed by atoms with Crippen LogP contribution in [0.1, 0.15) is 53.9 Å². The third-order valence-corrected chi connectivity index (χ3v) is 3.73. The predicted molar refractivity (Wildman–Crippen MR) is 78.0 cm³/mol. The molecule has 1 saturated heterocycles. The van der Waals surface area contributed by atoms with Crippen LogP contribution in [-0.2, 0) is 4.74 Å². The van der Waals surface area contributed by atoms with Gasteiger partial charge in [-0.25, -0.2) is 4.79 Å². The third kappa shape index (κ3) is 5.81. The summed E-state index contributed by atoms with van der Waals surface area (Å²) in [6.45, 7) is 11.6. The number of rotatable bonds is 3. The fraction of sp³-hybridized carbons (Fsp3) is 0.933. The molecule has 3 atom stereocenters. The predicted octanol–water partition coefficient (Wildman–Crippen LogP) is 3.01. The maximum absolute atomic E-state index is 12.0. The van der Waals surface area contributed by atoms with Gasteiger partial charge in [0.2, 0.25) is 0 Å². The monoisotopic (exact) mass is 270 g/mol. The SMILES string of the molecule is CC(N)CCC1CCN(C(=O)OC(C)(C)C)CC1C. The summed E-state index contributed by atoms with van der Waals surface area (Å²) < 4.78 is 5.43. The van der Waals surface area contributed by atoms with E-state index >= 15 is 0 Å². The molecule has 1 fully saturated rings. The molecule has 0 aromatic rings. The van der Waals surface area contributed by atoms with Gasteiger partial charge in [-0.05, 0) is 58.8 Å². The van der Waals surface area contributed by atoms with Gasteiger partial charge in [0.1, 0.15) is 5.60 Å². The lowest BCUT2D eigenvalue weighted by molar-refractivity contribution is 0.0109. The lowest BCUT2D eigenvalue weighted by Crippen LogP contribution is -2.45. The van der Waals surface area contributed by atoms with Gasteiger partial charge in [-0.1, -0.05) is 6.92 Å². The van der Waals surface area contributed by atoms with E-state index in [4.69, 9.17) is 10.5 Å². The van der Waals surface area contributed by atoms with Crippen molar-refractivity contribution in [1.29, 1.82) is 0 Å². The lowest BCUT2D eigenvalue weighted by atomic mass is 9.83. The number of nitrogens with two attached hydrogens (primary N) is 1. The highest BCUT2D eigenvalue weighted by atomic mass is 16.6. The van der Waals surface area contributed by atoms with Crippen LogP contribution >= 0.6 is 0 Å². The zero-order valence-electron chi connectivity index (χ0n) is 13.1. The minimum Gasteiger partial charge on any atom is -0.444 e. The minimum absolute atomic E-state index is 0.176. The molecule has 1 aliphatic heterocycles. The highest BCUT2D eigenvalue weighted by Crippen LogP contribution is 2.28. The first-order valence-corrected chi connectivity index (χ1v) is 7.42. The zero-order chi connectivity index (χ0) is 14.6. The lowest BCUT2D eigenvalue weighted by Gasteiger charge is -2.37. The van der Waals surface area contributed by atoms with Crippen LogP contribution in [0.25, 0.3) is 0 Å². The molecule has 4 nitrogen and oxygen atoms in total. The van der Waals surface area contributed by atoms with Crippen LogP contribution in [0, 0.1) is 11.8 Å². The molecule has 3 unspecified atom stereocenters. The first-order chi connectivity index (χ1) is 8.69. The standard InChI is InChI=1S/C15H30N2O2/c1-11-10-17(14(18)19-15(3,4)5)9-8-13(11)7-6-12(2)16/h11-13H,6-10,16H2,1-5H3. The molecule has 1 amide bonds. The summed E-state index contributed by atoms with van der Waals surface area (Å²) in [5.41, 5.74) is 5.40. The van der Waals surface area contributed by atoms with E-state index in [0.29, 0.717) is 11.8 Å². The number of carbonyl (C=O) groups is 1. The van der Waals surface area contributed by atoms with Crippen LogP contribution in [0.4, 0.5) is 4.79 Å². The van der Waals surface area contributed by atoms with E-state index in [2.05, 4.69) is 13.8 Å². The van der Waals surface area contributed by atoms with E-state index in [0.717, 1.165) is 25.9 Å². The smallest absolute Gasteiger partial charge is 0.410 e. The Kier molecular flexibility index (Phi) is 5.65. The number of piperidine rings is 1. The fourth-order valence-electron chi connectivity index (χ4n) is 2.59. The second-order valence-electron chi connectivity index (χ2n) is 7.01. The molecule has 0 aromatic heterocycles. The van der Waals surface area contributed by atoms with Crippen LogP contribution in [0.3, 0.4) is 0 Å². The Morgan fingerprint density at radius 3 is 2.58 bits per heavy atom. The summed E-state index contributed by atoms with van der Waals surface area (Å²) >= 11 is 0. The Balaban J connectivity index is 2.42. The molecular formula is C15H30N2O2. The summed E-state index contributed by atoms with van der Waals surface area (Å²) in [5, 5.41) is 0. The Morgan fingerprint density at radius 2 is 2.11 bits per heavy atom. The van der Waals surface area contributed by atoms with Gasteiger partial charge in [-0.2, -0.15) is 0 Å². The highest BCUT2D eigenvalue weighted by Gasteiger charge is 2.30. The van der Waals surface area contributed by atoms with Crippen molar-refractivity contribution < 1.29 is 9.53 Å². The van der Waals surface area contributed by atoms with E-state index in [-0.39, 0.29) is 12.1 Å². The molecule has 0 radical (unpaired) electrons. The van der Waals surface area contributed by atoms with E-state index in [1.54, 1.807) is 0 Å². The zero-order valence-corrected chi connectivity index (χ0v) is 13.1. The molecule has 4 heteroatoms. The van der Waals surface area contributed by atoms with Crippen molar-refractivity contribution in [3.8, 4) is 0 Å². The van der Waals surface area contributed by atoms with E-state index in [9.17, 15) is 4.79 Å². The first kappa shape index (κ1) is 16.3. The van der Waals surface area contributed by atoms with E-state index in [1.807, 2.05) is 25.7 Å². The van der Waals surface area contributed by atoms with Crippen molar-refractivity contribution in [3.63, 3.8) is 0 Å². The summed E-state index contributed by atoms with van der Waals surface area (Å²) in [5.74, 6) is 1.21. The Labute approximate surface area is 117 Å². The average Bonchev–Trinajstić information content (AvgIpc) is 2.24. The minimum atomic E-state index is -0.411. The number of hydrogen-bond donors (Lipinski definition) is 1. The number of nitrogens with zero attached hydrogens (tertiary/aromatic N) is 1. The van der Waals surface area contributed by atoms with E-state index < -0.39 is 5.60 Å². The van der Waals surface area contributed by atoms with Crippen molar-refractivity contribution in [3.05, 3.63) is 0 Å². The second-order valence-corrected chi connectivity index (χ2v) is 7.01. The topological polar surface area (TPSA) is 55.6 Å².